The second-order valence-electron chi connectivity index (χ2n) is 5.11. The van der Waals surface area contributed by atoms with E-state index in [1.807, 2.05) is 18.6 Å². The number of anilines is 1. The maximum absolute atomic E-state index is 6.12. The number of nitrogens with one attached hydrogen (secondary N) is 1. The lowest BCUT2D eigenvalue weighted by molar-refractivity contribution is 0.522. The molecule has 1 aromatic rings. The summed E-state index contributed by atoms with van der Waals surface area (Å²) in [6.45, 7) is 2.29. The third kappa shape index (κ3) is 1.91. The molecule has 92 valence electrons. The van der Waals surface area contributed by atoms with E-state index >= 15 is 0 Å². The Labute approximate surface area is 106 Å². The van der Waals surface area contributed by atoms with Crippen LogP contribution in [-0.2, 0) is 0 Å². The van der Waals surface area contributed by atoms with Crippen molar-refractivity contribution >= 4 is 17.7 Å². The fourth-order valence-electron chi connectivity index (χ4n) is 3.26. The molecule has 17 heavy (non-hydrogen) atoms. The normalized spacial score (nSPS) is 38.9. The van der Waals surface area contributed by atoms with E-state index in [-0.39, 0.29) is 0 Å². The van der Waals surface area contributed by atoms with Crippen molar-refractivity contribution < 1.29 is 0 Å². The first-order valence-electron chi connectivity index (χ1n) is 6.09. The maximum atomic E-state index is 6.12. The highest BCUT2D eigenvalue weighted by Gasteiger charge is 2.59. The predicted octanol–water partition coefficient (Wildman–Crippen LogP) is 1.59. The number of rotatable bonds is 3. The summed E-state index contributed by atoms with van der Waals surface area (Å²) in [5, 5.41) is 3.43. The average Bonchev–Trinajstić information content (AvgIpc) is 2.89. The van der Waals surface area contributed by atoms with E-state index in [9.17, 15) is 0 Å². The van der Waals surface area contributed by atoms with E-state index in [0.29, 0.717) is 12.1 Å². The minimum Gasteiger partial charge on any atom is -0.351 e. The monoisotopic (exact) mass is 250 g/mol. The molecular weight excluding hydrogens is 232 g/mol. The van der Waals surface area contributed by atoms with Gasteiger partial charge in [0, 0.05) is 29.4 Å². The van der Waals surface area contributed by atoms with E-state index in [2.05, 4.69) is 22.2 Å². The van der Waals surface area contributed by atoms with Crippen molar-refractivity contribution in [1.29, 1.82) is 0 Å². The molecule has 0 aliphatic heterocycles. The van der Waals surface area contributed by atoms with Gasteiger partial charge in [0.2, 0.25) is 5.95 Å². The molecule has 5 atom stereocenters. The molecular formula is C12H18N4S. The van der Waals surface area contributed by atoms with Gasteiger partial charge in [0.25, 0.3) is 0 Å². The summed E-state index contributed by atoms with van der Waals surface area (Å²) in [5.41, 5.74) is 6.12. The van der Waals surface area contributed by atoms with Crippen molar-refractivity contribution in [3.63, 3.8) is 0 Å². The maximum Gasteiger partial charge on any atom is 0.222 e. The summed E-state index contributed by atoms with van der Waals surface area (Å²) < 4.78 is 0. The van der Waals surface area contributed by atoms with Crippen molar-refractivity contribution in [2.45, 2.75) is 30.3 Å². The van der Waals surface area contributed by atoms with Gasteiger partial charge in [0.05, 0.1) is 0 Å². The molecule has 1 aromatic heterocycles. The van der Waals surface area contributed by atoms with Crippen LogP contribution in [0.15, 0.2) is 17.3 Å². The zero-order valence-electron chi connectivity index (χ0n) is 10.1. The zero-order chi connectivity index (χ0) is 12.0. The number of fused-ring (bicyclic) bond motifs is 1. The summed E-state index contributed by atoms with van der Waals surface area (Å²) >= 11 is 1.66. The zero-order valence-corrected chi connectivity index (χ0v) is 10.9. The first-order chi connectivity index (χ1) is 8.20. The number of thioether (sulfide) groups is 1. The van der Waals surface area contributed by atoms with Crippen LogP contribution >= 0.6 is 11.8 Å². The fraction of sp³-hybridized carbons (Fsp3) is 0.667. The molecule has 5 heteroatoms. The second kappa shape index (κ2) is 4.14. The highest BCUT2D eigenvalue weighted by molar-refractivity contribution is 7.98. The van der Waals surface area contributed by atoms with Crippen LogP contribution in [0.25, 0.3) is 0 Å². The number of aromatic nitrogens is 2. The van der Waals surface area contributed by atoms with E-state index in [4.69, 9.17) is 5.73 Å². The van der Waals surface area contributed by atoms with Gasteiger partial charge in [-0.15, -0.1) is 11.8 Å². The van der Waals surface area contributed by atoms with Crippen LogP contribution in [0.2, 0.25) is 0 Å². The van der Waals surface area contributed by atoms with E-state index < -0.39 is 0 Å². The third-order valence-corrected chi connectivity index (χ3v) is 4.86. The van der Waals surface area contributed by atoms with Crippen molar-refractivity contribution in [2.24, 2.45) is 23.5 Å². The number of hydrogen-bond donors (Lipinski definition) is 2. The van der Waals surface area contributed by atoms with Crippen LogP contribution in [0.3, 0.4) is 0 Å². The van der Waals surface area contributed by atoms with E-state index in [0.717, 1.165) is 35.0 Å². The van der Waals surface area contributed by atoms with Gasteiger partial charge in [-0.2, -0.15) is 0 Å². The minimum absolute atomic E-state index is 0.359. The van der Waals surface area contributed by atoms with Crippen LogP contribution in [-0.4, -0.2) is 28.3 Å². The first kappa shape index (κ1) is 11.3. The van der Waals surface area contributed by atoms with Crippen molar-refractivity contribution in [3.05, 3.63) is 12.4 Å². The molecule has 4 nitrogen and oxygen atoms in total. The van der Waals surface area contributed by atoms with Crippen molar-refractivity contribution in [1.82, 2.24) is 9.97 Å². The lowest BCUT2D eigenvalue weighted by Crippen LogP contribution is -2.28. The molecule has 2 aliphatic carbocycles. The summed E-state index contributed by atoms with van der Waals surface area (Å²) in [6, 6.07) is 0.822. The standard InChI is InChI=1S/C12H18N4S/c1-6-10-8(13)3-9(11(6)10)16-12-14-4-7(17-2)5-15-12/h4-6,8-11H,3,13H2,1-2H3,(H,14,15,16)/t6-,8-,9-,10-,11+/m1/s1. The lowest BCUT2D eigenvalue weighted by atomic mass is 10.1. The van der Waals surface area contributed by atoms with Gasteiger partial charge >= 0.3 is 0 Å². The van der Waals surface area contributed by atoms with Crippen molar-refractivity contribution in [2.75, 3.05) is 11.6 Å². The van der Waals surface area contributed by atoms with Gasteiger partial charge in [-0.3, -0.25) is 0 Å². The highest BCUT2D eigenvalue weighted by Crippen LogP contribution is 2.57. The molecule has 2 fully saturated rings. The molecule has 3 rings (SSSR count). The molecule has 1 heterocycles. The molecule has 0 saturated heterocycles. The molecule has 2 saturated carbocycles. The largest absolute Gasteiger partial charge is 0.351 e. The number of nitrogens with two attached hydrogens (primary N) is 1. The SMILES string of the molecule is CSc1cnc(N[C@@H]2C[C@@H](N)[C@H]3[C@@H](C)[C@H]32)nc1. The molecule has 0 bridgehead atoms. The summed E-state index contributed by atoms with van der Waals surface area (Å²) in [6.07, 6.45) is 6.80. The molecule has 3 N–H and O–H groups in total. The van der Waals surface area contributed by atoms with Crippen LogP contribution < -0.4 is 11.1 Å². The topological polar surface area (TPSA) is 63.8 Å². The van der Waals surface area contributed by atoms with Gasteiger partial charge in [-0.05, 0) is 30.4 Å². The molecule has 0 radical (unpaired) electrons. The smallest absolute Gasteiger partial charge is 0.222 e. The van der Waals surface area contributed by atoms with Crippen molar-refractivity contribution in [3.8, 4) is 0 Å². The van der Waals surface area contributed by atoms with Gasteiger partial charge in [0.15, 0.2) is 0 Å². The van der Waals surface area contributed by atoms with E-state index in [1.165, 1.54) is 0 Å². The molecule has 0 amide bonds. The van der Waals surface area contributed by atoms with Gasteiger partial charge in [-0.1, -0.05) is 6.92 Å². The molecule has 0 spiro atoms. The fourth-order valence-corrected chi connectivity index (χ4v) is 3.58. The van der Waals surface area contributed by atoms with Crippen LogP contribution in [0.1, 0.15) is 13.3 Å². The Bertz CT molecular complexity index is 407. The van der Waals surface area contributed by atoms with Gasteiger partial charge in [0.1, 0.15) is 0 Å². The Kier molecular flexibility index (Phi) is 2.75. The minimum atomic E-state index is 0.359. The quantitative estimate of drug-likeness (QED) is 0.798. The summed E-state index contributed by atoms with van der Waals surface area (Å²) in [7, 11) is 0. The Morgan fingerprint density at radius 1 is 1.35 bits per heavy atom. The van der Waals surface area contributed by atoms with Gasteiger partial charge < -0.3 is 11.1 Å². The summed E-state index contributed by atoms with van der Waals surface area (Å²) in [4.78, 5) is 9.76. The van der Waals surface area contributed by atoms with Crippen LogP contribution in [0.4, 0.5) is 5.95 Å². The van der Waals surface area contributed by atoms with Gasteiger partial charge in [-0.25, -0.2) is 9.97 Å². The Balaban J connectivity index is 1.67. The number of hydrogen-bond acceptors (Lipinski definition) is 5. The number of nitrogens with zero attached hydrogens (tertiary/aromatic N) is 2. The predicted molar refractivity (Wildman–Crippen MR) is 70.0 cm³/mol. The van der Waals surface area contributed by atoms with E-state index in [1.54, 1.807) is 11.8 Å². The first-order valence-corrected chi connectivity index (χ1v) is 7.31. The second-order valence-corrected chi connectivity index (χ2v) is 5.99. The van der Waals surface area contributed by atoms with Crippen LogP contribution in [0, 0.1) is 17.8 Å². The lowest BCUT2D eigenvalue weighted by Gasteiger charge is -2.17. The Hall–Kier alpha value is -0.810. The molecule has 2 aliphatic rings. The molecule has 0 unspecified atom stereocenters. The Morgan fingerprint density at radius 2 is 2.06 bits per heavy atom. The third-order valence-electron chi connectivity index (χ3n) is 4.18. The summed E-state index contributed by atoms with van der Waals surface area (Å²) in [5.74, 6) is 2.95. The highest BCUT2D eigenvalue weighted by atomic mass is 32.2. The Morgan fingerprint density at radius 3 is 2.59 bits per heavy atom. The average molecular weight is 250 g/mol. The molecule has 0 aromatic carbocycles. The van der Waals surface area contributed by atoms with Crippen LogP contribution in [0.5, 0.6) is 0 Å².